The second-order valence-electron chi connectivity index (χ2n) is 4.51. The first-order valence-corrected chi connectivity index (χ1v) is 6.18. The molecule has 1 atom stereocenters. The summed E-state index contributed by atoms with van der Waals surface area (Å²) in [6.45, 7) is 6.56. The van der Waals surface area contributed by atoms with Gasteiger partial charge in [-0.2, -0.15) is 0 Å². The Hall–Kier alpha value is -1.13. The lowest BCUT2D eigenvalue weighted by Crippen LogP contribution is -2.51. The molecule has 0 bridgehead atoms. The fraction of sp³-hybridized carbons (Fsp3) is 0.538. The van der Waals surface area contributed by atoms with Crippen LogP contribution >= 0.6 is 12.4 Å². The zero-order valence-corrected chi connectivity index (χ0v) is 11.7. The Morgan fingerprint density at radius 1 is 1.61 bits per heavy atom. The highest BCUT2D eigenvalue weighted by Crippen LogP contribution is 2.08. The quantitative estimate of drug-likeness (QED) is 0.885. The van der Waals surface area contributed by atoms with E-state index in [0.29, 0.717) is 11.7 Å². The molecule has 0 unspecified atom stereocenters. The fourth-order valence-electron chi connectivity index (χ4n) is 2.09. The maximum atomic E-state index is 12.2. The molecule has 0 radical (unpaired) electrons. The van der Waals surface area contributed by atoms with Crippen molar-refractivity contribution >= 4 is 18.3 Å². The van der Waals surface area contributed by atoms with E-state index in [9.17, 15) is 4.79 Å². The van der Waals surface area contributed by atoms with Crippen molar-refractivity contribution in [2.75, 3.05) is 19.6 Å². The Balaban J connectivity index is 0.00000162. The van der Waals surface area contributed by atoms with E-state index in [1.54, 1.807) is 6.20 Å². The molecule has 100 valence electrons. The molecule has 0 saturated carbocycles. The summed E-state index contributed by atoms with van der Waals surface area (Å²) < 4.78 is 0. The molecule has 1 aliphatic rings. The molecule has 0 aliphatic carbocycles. The van der Waals surface area contributed by atoms with E-state index in [1.807, 2.05) is 17.0 Å². The van der Waals surface area contributed by atoms with Crippen LogP contribution in [0.2, 0.25) is 0 Å². The zero-order chi connectivity index (χ0) is 12.3. The standard InChI is InChI=1S/C13H19N3O.ClH/c1-3-11-4-5-15-12(8-11)13(17)16-7-6-14-10(2)9-16;/h4-5,8,10,14H,3,6-7,9H2,1-2H3;1H/t10-;/m1./s1. The van der Waals surface area contributed by atoms with Crippen LogP contribution in [-0.4, -0.2) is 41.5 Å². The van der Waals surface area contributed by atoms with Crippen molar-refractivity contribution in [2.24, 2.45) is 0 Å². The summed E-state index contributed by atoms with van der Waals surface area (Å²) in [4.78, 5) is 18.3. The normalized spacial score (nSPS) is 19.2. The van der Waals surface area contributed by atoms with Crippen LogP contribution in [0, 0.1) is 0 Å². The van der Waals surface area contributed by atoms with Crippen LogP contribution in [0.15, 0.2) is 18.3 Å². The number of aromatic nitrogens is 1. The number of nitrogens with zero attached hydrogens (tertiary/aromatic N) is 2. The van der Waals surface area contributed by atoms with Crippen LogP contribution in [0.3, 0.4) is 0 Å². The third-order valence-corrected chi connectivity index (χ3v) is 3.11. The smallest absolute Gasteiger partial charge is 0.272 e. The van der Waals surface area contributed by atoms with Crippen molar-refractivity contribution in [1.29, 1.82) is 0 Å². The van der Waals surface area contributed by atoms with E-state index in [-0.39, 0.29) is 18.3 Å². The molecule has 1 saturated heterocycles. The minimum absolute atomic E-state index is 0. The van der Waals surface area contributed by atoms with Crippen LogP contribution in [-0.2, 0) is 6.42 Å². The second-order valence-corrected chi connectivity index (χ2v) is 4.51. The average molecular weight is 270 g/mol. The Morgan fingerprint density at radius 3 is 3.06 bits per heavy atom. The lowest BCUT2D eigenvalue weighted by atomic mass is 10.1. The van der Waals surface area contributed by atoms with Gasteiger partial charge in [0, 0.05) is 31.9 Å². The van der Waals surface area contributed by atoms with Crippen molar-refractivity contribution in [3.05, 3.63) is 29.6 Å². The molecule has 5 heteroatoms. The van der Waals surface area contributed by atoms with Gasteiger partial charge in [-0.25, -0.2) is 0 Å². The summed E-state index contributed by atoms with van der Waals surface area (Å²) in [5.74, 6) is 0.0497. The number of halogens is 1. The van der Waals surface area contributed by atoms with Crippen LogP contribution in [0.25, 0.3) is 0 Å². The SMILES string of the molecule is CCc1ccnc(C(=O)N2CCN[C@H](C)C2)c1.Cl. The van der Waals surface area contributed by atoms with E-state index in [4.69, 9.17) is 0 Å². The van der Waals surface area contributed by atoms with Gasteiger partial charge in [0.25, 0.3) is 5.91 Å². The predicted octanol–water partition coefficient (Wildman–Crippen LogP) is 1.50. The highest BCUT2D eigenvalue weighted by Gasteiger charge is 2.22. The molecule has 1 aromatic heterocycles. The van der Waals surface area contributed by atoms with Gasteiger partial charge in [0.2, 0.25) is 0 Å². The van der Waals surface area contributed by atoms with Gasteiger partial charge in [-0.1, -0.05) is 6.92 Å². The maximum absolute atomic E-state index is 12.2. The lowest BCUT2D eigenvalue weighted by molar-refractivity contribution is 0.0703. The number of rotatable bonds is 2. The predicted molar refractivity (Wildman–Crippen MR) is 74.2 cm³/mol. The molecule has 1 amide bonds. The molecule has 1 N–H and O–H groups in total. The van der Waals surface area contributed by atoms with Crippen LogP contribution in [0.4, 0.5) is 0 Å². The fourth-order valence-corrected chi connectivity index (χ4v) is 2.09. The average Bonchev–Trinajstić information content (AvgIpc) is 2.38. The summed E-state index contributed by atoms with van der Waals surface area (Å²) in [6, 6.07) is 4.22. The maximum Gasteiger partial charge on any atom is 0.272 e. The van der Waals surface area contributed by atoms with Gasteiger partial charge < -0.3 is 10.2 Å². The van der Waals surface area contributed by atoms with Crippen molar-refractivity contribution in [3.63, 3.8) is 0 Å². The Labute approximate surface area is 114 Å². The number of aryl methyl sites for hydroxylation is 1. The van der Waals surface area contributed by atoms with Gasteiger partial charge in [0.05, 0.1) is 0 Å². The molecule has 18 heavy (non-hydrogen) atoms. The summed E-state index contributed by atoms with van der Waals surface area (Å²) in [5.41, 5.74) is 1.73. The van der Waals surface area contributed by atoms with Gasteiger partial charge in [-0.05, 0) is 31.0 Å². The number of hydrogen-bond donors (Lipinski definition) is 1. The van der Waals surface area contributed by atoms with Crippen LogP contribution in [0.1, 0.15) is 29.9 Å². The van der Waals surface area contributed by atoms with Crippen molar-refractivity contribution in [2.45, 2.75) is 26.3 Å². The number of carbonyl (C=O) groups excluding carboxylic acids is 1. The number of hydrogen-bond acceptors (Lipinski definition) is 3. The highest BCUT2D eigenvalue weighted by atomic mass is 35.5. The largest absolute Gasteiger partial charge is 0.334 e. The van der Waals surface area contributed by atoms with Gasteiger partial charge in [0.15, 0.2) is 0 Å². The first-order valence-electron chi connectivity index (χ1n) is 6.18. The first kappa shape index (κ1) is 14.9. The van der Waals surface area contributed by atoms with Gasteiger partial charge in [-0.3, -0.25) is 9.78 Å². The van der Waals surface area contributed by atoms with Gasteiger partial charge in [-0.15, -0.1) is 12.4 Å². The molecule has 1 aliphatic heterocycles. The molecule has 1 aromatic rings. The van der Waals surface area contributed by atoms with E-state index < -0.39 is 0 Å². The third-order valence-electron chi connectivity index (χ3n) is 3.11. The highest BCUT2D eigenvalue weighted by molar-refractivity contribution is 5.92. The van der Waals surface area contributed by atoms with E-state index in [2.05, 4.69) is 24.1 Å². The Bertz CT molecular complexity index is 411. The van der Waals surface area contributed by atoms with Crippen molar-refractivity contribution < 1.29 is 4.79 Å². The first-order chi connectivity index (χ1) is 8.20. The van der Waals surface area contributed by atoms with Gasteiger partial charge >= 0.3 is 0 Å². The molecule has 0 spiro atoms. The van der Waals surface area contributed by atoms with E-state index >= 15 is 0 Å². The van der Waals surface area contributed by atoms with Crippen molar-refractivity contribution in [3.8, 4) is 0 Å². The lowest BCUT2D eigenvalue weighted by Gasteiger charge is -2.31. The monoisotopic (exact) mass is 269 g/mol. The summed E-state index contributed by atoms with van der Waals surface area (Å²) in [5, 5.41) is 3.33. The van der Waals surface area contributed by atoms with E-state index in [0.717, 1.165) is 31.6 Å². The summed E-state index contributed by atoms with van der Waals surface area (Å²) in [7, 11) is 0. The molecule has 2 rings (SSSR count). The molecule has 1 fully saturated rings. The number of pyridine rings is 1. The minimum atomic E-state index is 0. The number of piperazine rings is 1. The Morgan fingerprint density at radius 2 is 2.39 bits per heavy atom. The zero-order valence-electron chi connectivity index (χ0n) is 10.8. The van der Waals surface area contributed by atoms with E-state index in [1.165, 1.54) is 0 Å². The second kappa shape index (κ2) is 6.71. The van der Waals surface area contributed by atoms with Crippen molar-refractivity contribution in [1.82, 2.24) is 15.2 Å². The summed E-state index contributed by atoms with van der Waals surface area (Å²) in [6.07, 6.45) is 2.65. The topological polar surface area (TPSA) is 45.2 Å². The third kappa shape index (κ3) is 3.43. The number of amides is 1. The molecule has 0 aromatic carbocycles. The van der Waals surface area contributed by atoms with Crippen LogP contribution in [0.5, 0.6) is 0 Å². The van der Waals surface area contributed by atoms with Gasteiger partial charge in [0.1, 0.15) is 5.69 Å². The minimum Gasteiger partial charge on any atom is -0.334 e. The molecular weight excluding hydrogens is 250 g/mol. The molecular formula is C13H20ClN3O. The Kier molecular flexibility index (Phi) is 5.56. The number of nitrogens with one attached hydrogen (secondary N) is 1. The molecule has 4 nitrogen and oxygen atoms in total. The number of carbonyl (C=O) groups is 1. The van der Waals surface area contributed by atoms with Crippen LogP contribution < -0.4 is 5.32 Å². The summed E-state index contributed by atoms with van der Waals surface area (Å²) >= 11 is 0. The molecule has 2 heterocycles.